The van der Waals surface area contributed by atoms with E-state index in [1.54, 1.807) is 33.5 Å². The molecule has 38 heavy (non-hydrogen) atoms. The van der Waals surface area contributed by atoms with E-state index in [1.165, 1.54) is 16.9 Å². The summed E-state index contributed by atoms with van der Waals surface area (Å²) in [5, 5.41) is 0.668. The molecule has 1 aliphatic rings. The van der Waals surface area contributed by atoms with Crippen LogP contribution >= 0.6 is 11.3 Å². The summed E-state index contributed by atoms with van der Waals surface area (Å²) < 4.78 is 29.5. The van der Waals surface area contributed by atoms with Gasteiger partial charge in [-0.05, 0) is 87.7 Å². The summed E-state index contributed by atoms with van der Waals surface area (Å²) in [4.78, 5) is 23.0. The molecule has 2 heterocycles. The smallest absolute Gasteiger partial charge is 0.260 e. The Morgan fingerprint density at radius 3 is 2.39 bits per heavy atom. The Balaban J connectivity index is 1.64. The summed E-state index contributed by atoms with van der Waals surface area (Å²) in [6.07, 6.45) is 3.65. The number of likely N-dealkylation sites (N-methyl/N-ethyl adjacent to an activating group) is 1. The van der Waals surface area contributed by atoms with Gasteiger partial charge >= 0.3 is 0 Å². The van der Waals surface area contributed by atoms with Gasteiger partial charge in [0.25, 0.3) is 5.91 Å². The van der Waals surface area contributed by atoms with Crippen molar-refractivity contribution in [2.45, 2.75) is 71.2 Å². The Morgan fingerprint density at radius 1 is 1.03 bits per heavy atom. The number of aryl methyl sites for hydroxylation is 2. The first kappa shape index (κ1) is 28.7. The molecule has 4 rings (SSSR count). The molecule has 1 aromatic heterocycles. The molecule has 3 aromatic rings. The first-order valence-electron chi connectivity index (χ1n) is 13.7. The molecule has 206 valence electrons. The number of hydrogen-bond acceptors (Lipinski definition) is 6. The van der Waals surface area contributed by atoms with Crippen LogP contribution in [0.2, 0.25) is 0 Å². The number of anilines is 1. The number of nitrogens with zero attached hydrogens (tertiary/aromatic N) is 4. The van der Waals surface area contributed by atoms with E-state index in [-0.39, 0.29) is 16.8 Å². The number of carbonyl (C=O) groups excluding carboxylic acids is 1. The molecular weight excluding hydrogens is 516 g/mol. The number of thiazole rings is 1. The van der Waals surface area contributed by atoms with E-state index in [2.05, 4.69) is 44.7 Å². The number of aromatic nitrogens is 1. The van der Waals surface area contributed by atoms with E-state index in [0.717, 1.165) is 61.1 Å². The number of carbonyl (C=O) groups is 1. The maximum Gasteiger partial charge on any atom is 0.260 e. The van der Waals surface area contributed by atoms with Crippen LogP contribution in [0, 0.1) is 13.8 Å². The minimum atomic E-state index is -3.60. The van der Waals surface area contributed by atoms with Gasteiger partial charge in [-0.15, -0.1) is 0 Å². The maximum absolute atomic E-state index is 13.8. The van der Waals surface area contributed by atoms with Gasteiger partial charge in [0.1, 0.15) is 0 Å². The van der Waals surface area contributed by atoms with E-state index in [4.69, 9.17) is 4.98 Å². The number of fused-ring (bicyclic) bond motifs is 1. The Morgan fingerprint density at radius 2 is 1.74 bits per heavy atom. The molecule has 1 unspecified atom stereocenters. The topological polar surface area (TPSA) is 73.8 Å². The minimum absolute atomic E-state index is 0.0387. The maximum atomic E-state index is 13.8. The third-order valence-corrected chi connectivity index (χ3v) is 10.8. The number of rotatable bonds is 10. The van der Waals surface area contributed by atoms with Gasteiger partial charge in [-0.1, -0.05) is 44.6 Å². The Kier molecular flexibility index (Phi) is 9.23. The lowest BCUT2D eigenvalue weighted by Gasteiger charge is -2.34. The largest absolute Gasteiger partial charge is 0.302 e. The summed E-state index contributed by atoms with van der Waals surface area (Å²) in [6.45, 7) is 14.0. The van der Waals surface area contributed by atoms with Crippen LogP contribution in [0.15, 0.2) is 41.3 Å². The third-order valence-electron chi connectivity index (χ3n) is 7.84. The number of amides is 1. The quantitative estimate of drug-likeness (QED) is 0.313. The highest BCUT2D eigenvalue weighted by atomic mass is 32.2. The predicted molar refractivity (Wildman–Crippen MR) is 157 cm³/mol. The number of sulfonamides is 1. The predicted octanol–water partition coefficient (Wildman–Crippen LogP) is 5.85. The average Bonchev–Trinajstić information content (AvgIpc) is 3.37. The molecule has 1 amide bonds. The van der Waals surface area contributed by atoms with Crippen molar-refractivity contribution in [3.63, 3.8) is 0 Å². The van der Waals surface area contributed by atoms with E-state index in [0.29, 0.717) is 23.8 Å². The van der Waals surface area contributed by atoms with Crippen molar-refractivity contribution >= 4 is 42.6 Å². The Bertz CT molecular complexity index is 1360. The van der Waals surface area contributed by atoms with Crippen molar-refractivity contribution in [1.29, 1.82) is 0 Å². The fourth-order valence-electron chi connectivity index (χ4n) is 5.15. The zero-order valence-electron chi connectivity index (χ0n) is 23.2. The van der Waals surface area contributed by atoms with Crippen LogP contribution < -0.4 is 4.90 Å². The highest BCUT2D eigenvalue weighted by Crippen LogP contribution is 2.33. The molecule has 9 heteroatoms. The van der Waals surface area contributed by atoms with Gasteiger partial charge in [0, 0.05) is 31.2 Å². The zero-order chi connectivity index (χ0) is 27.4. The first-order chi connectivity index (χ1) is 18.2. The molecule has 0 bridgehead atoms. The van der Waals surface area contributed by atoms with E-state index in [9.17, 15) is 13.2 Å². The fraction of sp³-hybridized carbons (Fsp3) is 0.517. The summed E-state index contributed by atoms with van der Waals surface area (Å²) in [5.74, 6) is -0.168. The van der Waals surface area contributed by atoms with Crippen LogP contribution in [-0.2, 0) is 10.0 Å². The molecule has 0 aliphatic carbocycles. The minimum Gasteiger partial charge on any atom is -0.302 e. The molecule has 7 nitrogen and oxygen atoms in total. The lowest BCUT2D eigenvalue weighted by Crippen LogP contribution is -2.43. The van der Waals surface area contributed by atoms with Crippen LogP contribution in [0.5, 0.6) is 0 Å². The molecule has 1 saturated heterocycles. The lowest BCUT2D eigenvalue weighted by atomic mass is 10.0. The van der Waals surface area contributed by atoms with Gasteiger partial charge < -0.3 is 4.90 Å². The number of piperidine rings is 1. The second kappa shape index (κ2) is 12.2. The second-order valence-corrected chi connectivity index (χ2v) is 12.9. The van der Waals surface area contributed by atoms with Crippen molar-refractivity contribution in [1.82, 2.24) is 14.2 Å². The SMILES string of the molecule is CCC1CCCCN1S(=O)(=O)c1ccc(C(=O)N(CCN(CC)CC)c2nc3c(C)c(C)ccc3s2)cc1. The van der Waals surface area contributed by atoms with Gasteiger partial charge in [-0.2, -0.15) is 4.31 Å². The lowest BCUT2D eigenvalue weighted by molar-refractivity contribution is 0.0983. The molecule has 0 spiro atoms. The van der Waals surface area contributed by atoms with Gasteiger partial charge in [-0.3, -0.25) is 9.69 Å². The van der Waals surface area contributed by atoms with Crippen molar-refractivity contribution in [3.8, 4) is 0 Å². The van der Waals surface area contributed by atoms with Gasteiger partial charge in [-0.25, -0.2) is 13.4 Å². The number of benzene rings is 2. The molecule has 1 aliphatic heterocycles. The van der Waals surface area contributed by atoms with Crippen molar-refractivity contribution in [3.05, 3.63) is 53.1 Å². The van der Waals surface area contributed by atoms with E-state index in [1.807, 2.05) is 6.92 Å². The van der Waals surface area contributed by atoms with Crippen molar-refractivity contribution in [2.75, 3.05) is 37.6 Å². The van der Waals surface area contributed by atoms with Gasteiger partial charge in [0.2, 0.25) is 10.0 Å². The van der Waals surface area contributed by atoms with Crippen LogP contribution in [0.4, 0.5) is 5.13 Å². The average molecular weight is 557 g/mol. The van der Waals surface area contributed by atoms with Crippen LogP contribution in [-0.4, -0.2) is 67.3 Å². The molecule has 0 radical (unpaired) electrons. The summed E-state index contributed by atoms with van der Waals surface area (Å²) in [6, 6.07) is 10.6. The standard InChI is InChI=1S/C29H40N4O3S2/c1-6-24-11-9-10-18-33(24)38(35,36)25-15-13-23(14-16-25)28(34)32(20-19-31(7-2)8-3)29-30-27-22(5)21(4)12-17-26(27)37-29/h12-17,24H,6-11,18-20H2,1-5H3. The van der Waals surface area contributed by atoms with Gasteiger partial charge in [0.15, 0.2) is 5.13 Å². The van der Waals surface area contributed by atoms with Crippen molar-refractivity contribution in [2.24, 2.45) is 0 Å². The highest BCUT2D eigenvalue weighted by molar-refractivity contribution is 7.89. The number of hydrogen-bond donors (Lipinski definition) is 0. The van der Waals surface area contributed by atoms with Crippen LogP contribution in [0.3, 0.4) is 0 Å². The summed E-state index contributed by atoms with van der Waals surface area (Å²) in [7, 11) is -3.60. The normalized spacial score (nSPS) is 16.8. The van der Waals surface area contributed by atoms with E-state index < -0.39 is 10.0 Å². The molecule has 2 aromatic carbocycles. The Labute approximate surface area is 231 Å². The summed E-state index contributed by atoms with van der Waals surface area (Å²) >= 11 is 1.52. The Hall–Kier alpha value is -2.33. The highest BCUT2D eigenvalue weighted by Gasteiger charge is 2.32. The first-order valence-corrected chi connectivity index (χ1v) is 16.0. The second-order valence-electron chi connectivity index (χ2n) is 10.0. The zero-order valence-corrected chi connectivity index (χ0v) is 24.9. The van der Waals surface area contributed by atoms with Crippen LogP contribution in [0.25, 0.3) is 10.2 Å². The van der Waals surface area contributed by atoms with Gasteiger partial charge in [0.05, 0.1) is 15.1 Å². The fourth-order valence-corrected chi connectivity index (χ4v) is 7.97. The molecule has 0 saturated carbocycles. The third kappa shape index (κ3) is 5.81. The summed E-state index contributed by atoms with van der Waals surface area (Å²) in [5.41, 5.74) is 3.69. The van der Waals surface area contributed by atoms with Crippen molar-refractivity contribution < 1.29 is 13.2 Å². The molecular formula is C29H40N4O3S2. The van der Waals surface area contributed by atoms with Crippen LogP contribution in [0.1, 0.15) is 67.9 Å². The molecule has 1 fully saturated rings. The molecule has 0 N–H and O–H groups in total. The van der Waals surface area contributed by atoms with E-state index >= 15 is 0 Å². The molecule has 1 atom stereocenters. The monoisotopic (exact) mass is 556 g/mol.